The van der Waals surface area contributed by atoms with Crippen LogP contribution in [-0.4, -0.2) is 23.9 Å². The summed E-state index contributed by atoms with van der Waals surface area (Å²) in [5, 5.41) is 0. The first-order chi connectivity index (χ1) is 9.04. The summed E-state index contributed by atoms with van der Waals surface area (Å²) in [7, 11) is 0. The average molecular weight is 277 g/mol. The van der Waals surface area contributed by atoms with Crippen LogP contribution in [0.3, 0.4) is 0 Å². The van der Waals surface area contributed by atoms with Crippen LogP contribution in [0.2, 0.25) is 0 Å². The smallest absolute Gasteiger partial charge is 0.235 e. The minimum absolute atomic E-state index is 0.0581. The zero-order valence-corrected chi connectivity index (χ0v) is 11.8. The van der Waals surface area contributed by atoms with Gasteiger partial charge in [0.15, 0.2) is 0 Å². The maximum absolute atomic E-state index is 12.0. The van der Waals surface area contributed by atoms with Crippen molar-refractivity contribution in [2.24, 2.45) is 0 Å². The number of fused-ring (bicyclic) bond motifs is 1. The Morgan fingerprint density at radius 3 is 2.63 bits per heavy atom. The third-order valence-electron chi connectivity index (χ3n) is 2.62. The number of carbonyl (C=O) groups excluding carboxylic acids is 2. The molecule has 1 aromatic carbocycles. The van der Waals surface area contributed by atoms with Gasteiger partial charge in [0.25, 0.3) is 0 Å². The molecule has 0 amide bonds. The van der Waals surface area contributed by atoms with Crippen LogP contribution in [0, 0.1) is 0 Å². The first-order valence-electron chi connectivity index (χ1n) is 5.94. The van der Waals surface area contributed by atoms with E-state index in [2.05, 4.69) is 4.72 Å². The summed E-state index contributed by atoms with van der Waals surface area (Å²) in [5.74, 6) is -0.582. The van der Waals surface area contributed by atoms with Gasteiger partial charge in [-0.1, -0.05) is 24.1 Å². The molecule has 5 heteroatoms. The number of allylic oxidation sites excluding steroid dienone is 1. The topological polar surface area (TPSA) is 55.4 Å². The highest BCUT2D eigenvalue weighted by atomic mass is 32.2. The van der Waals surface area contributed by atoms with Crippen LogP contribution in [-0.2, 0) is 9.53 Å². The maximum atomic E-state index is 12.0. The fraction of sp³-hybridized carbons (Fsp3) is 0.286. The Morgan fingerprint density at radius 1 is 1.26 bits per heavy atom. The Morgan fingerprint density at radius 2 is 2.00 bits per heavy atom. The molecule has 0 unspecified atom stereocenters. The second-order valence-electron chi connectivity index (χ2n) is 4.40. The van der Waals surface area contributed by atoms with Crippen LogP contribution < -0.4 is 4.72 Å². The van der Waals surface area contributed by atoms with E-state index < -0.39 is 11.6 Å². The van der Waals surface area contributed by atoms with Gasteiger partial charge in [0.2, 0.25) is 11.6 Å². The van der Waals surface area contributed by atoms with Gasteiger partial charge >= 0.3 is 0 Å². The fourth-order valence-electron chi connectivity index (χ4n) is 1.93. The van der Waals surface area contributed by atoms with Crippen molar-refractivity contribution in [3.05, 3.63) is 35.4 Å². The minimum Gasteiger partial charge on any atom is -0.490 e. The zero-order valence-electron chi connectivity index (χ0n) is 11.0. The Bertz CT molecular complexity index is 564. The van der Waals surface area contributed by atoms with Crippen molar-refractivity contribution in [1.82, 2.24) is 0 Å². The predicted octanol–water partition coefficient (Wildman–Crippen LogP) is 2.91. The number of carbonyl (C=O) groups is 2. The Kier molecular flexibility index (Phi) is 3.95. The number of hydrogen-bond acceptors (Lipinski definition) is 5. The lowest BCUT2D eigenvalue weighted by Gasteiger charge is -2.21. The van der Waals surface area contributed by atoms with Crippen LogP contribution in [0.5, 0.6) is 0 Å². The molecule has 0 bridgehead atoms. The van der Waals surface area contributed by atoms with Gasteiger partial charge in [-0.15, -0.1) is 0 Å². The van der Waals surface area contributed by atoms with Crippen molar-refractivity contribution in [2.75, 3.05) is 11.0 Å². The summed E-state index contributed by atoms with van der Waals surface area (Å²) in [5.41, 5.74) is 1.69. The third-order valence-corrected chi connectivity index (χ3v) is 3.04. The van der Waals surface area contributed by atoms with Gasteiger partial charge in [-0.25, -0.2) is 0 Å². The molecule has 0 spiro atoms. The van der Waals surface area contributed by atoms with Gasteiger partial charge in [-0.3, -0.25) is 9.59 Å². The molecule has 0 heterocycles. The summed E-state index contributed by atoms with van der Waals surface area (Å²) < 4.78 is 8.64. The number of Topliss-reactive ketones (excluding diaryl/α,β-unsaturated/α-hetero) is 1. The molecule has 0 radical (unpaired) electrons. The van der Waals surface area contributed by atoms with E-state index in [1.54, 1.807) is 12.1 Å². The number of benzene rings is 1. The van der Waals surface area contributed by atoms with Crippen molar-refractivity contribution in [1.29, 1.82) is 0 Å². The Balaban J connectivity index is 2.55. The number of hydrogen-bond donors (Lipinski definition) is 1. The molecule has 19 heavy (non-hydrogen) atoms. The van der Waals surface area contributed by atoms with Gasteiger partial charge in [0.1, 0.15) is 5.76 Å². The normalized spacial score (nSPS) is 14.2. The predicted molar refractivity (Wildman–Crippen MR) is 77.1 cm³/mol. The molecule has 2 rings (SSSR count). The monoisotopic (exact) mass is 277 g/mol. The zero-order chi connectivity index (χ0) is 14.0. The van der Waals surface area contributed by atoms with E-state index in [0.717, 1.165) is 0 Å². The number of rotatable bonds is 4. The summed E-state index contributed by atoms with van der Waals surface area (Å²) >= 11 is 1.37. The molecule has 0 aliphatic heterocycles. The fourth-order valence-corrected chi connectivity index (χ4v) is 2.32. The lowest BCUT2D eigenvalue weighted by Crippen LogP contribution is -2.21. The van der Waals surface area contributed by atoms with Crippen molar-refractivity contribution >= 4 is 35.0 Å². The van der Waals surface area contributed by atoms with E-state index in [-0.39, 0.29) is 6.10 Å². The van der Waals surface area contributed by atoms with Gasteiger partial charge in [0, 0.05) is 17.9 Å². The minimum atomic E-state index is -0.543. The highest BCUT2D eigenvalue weighted by Gasteiger charge is 2.29. The highest BCUT2D eigenvalue weighted by molar-refractivity contribution is 7.99. The van der Waals surface area contributed by atoms with Crippen LogP contribution in [0.4, 0.5) is 5.69 Å². The second kappa shape index (κ2) is 5.48. The number of anilines is 1. The van der Waals surface area contributed by atoms with Gasteiger partial charge in [0.05, 0.1) is 17.4 Å². The van der Waals surface area contributed by atoms with E-state index in [0.29, 0.717) is 22.6 Å². The van der Waals surface area contributed by atoms with E-state index in [4.69, 9.17) is 4.74 Å². The quantitative estimate of drug-likeness (QED) is 0.677. The molecule has 1 aliphatic rings. The van der Waals surface area contributed by atoms with E-state index in [1.807, 2.05) is 26.2 Å². The molecule has 0 saturated carbocycles. The van der Waals surface area contributed by atoms with Gasteiger partial charge in [-0.05, 0) is 19.9 Å². The Hall–Kier alpha value is -1.75. The van der Waals surface area contributed by atoms with Crippen LogP contribution in [0.1, 0.15) is 29.8 Å². The Labute approximate surface area is 116 Å². The molecule has 100 valence electrons. The molecule has 0 saturated heterocycles. The molecular weight excluding hydrogens is 262 g/mol. The molecule has 1 aliphatic carbocycles. The number of ether oxygens (including phenoxy) is 1. The van der Waals surface area contributed by atoms with Crippen LogP contribution >= 0.6 is 11.9 Å². The second-order valence-corrected chi connectivity index (χ2v) is 5.02. The first-order valence-corrected chi connectivity index (χ1v) is 7.16. The third kappa shape index (κ3) is 2.66. The van der Waals surface area contributed by atoms with Crippen molar-refractivity contribution in [3.63, 3.8) is 0 Å². The molecule has 4 nitrogen and oxygen atoms in total. The van der Waals surface area contributed by atoms with Crippen LogP contribution in [0.15, 0.2) is 24.3 Å². The first kappa shape index (κ1) is 13.7. The summed E-state index contributed by atoms with van der Waals surface area (Å²) in [6.07, 6.45) is 3.07. The number of nitrogens with one attached hydrogen (secondary N) is 1. The van der Waals surface area contributed by atoms with E-state index >= 15 is 0 Å². The van der Waals surface area contributed by atoms with E-state index in [9.17, 15) is 9.59 Å². The van der Waals surface area contributed by atoms with Crippen molar-refractivity contribution in [2.45, 2.75) is 20.0 Å². The summed E-state index contributed by atoms with van der Waals surface area (Å²) in [6, 6.07) is 5.40. The standard InChI is InChI=1S/C14H15NO3S/c1-8(2)18-12-7-11(16)14(17)13-9(12)5-4-6-10(13)15-19-3/h4-8,15H,1-3H3. The number of ketones is 2. The van der Waals surface area contributed by atoms with Gasteiger partial charge < -0.3 is 9.46 Å². The van der Waals surface area contributed by atoms with Crippen LogP contribution in [0.25, 0.3) is 5.76 Å². The molecular formula is C14H15NO3S. The summed E-state index contributed by atoms with van der Waals surface area (Å²) in [6.45, 7) is 3.76. The average Bonchev–Trinajstić information content (AvgIpc) is 2.35. The van der Waals surface area contributed by atoms with E-state index in [1.165, 1.54) is 18.0 Å². The largest absolute Gasteiger partial charge is 0.490 e. The molecule has 0 fully saturated rings. The molecule has 0 atom stereocenters. The molecule has 0 aromatic heterocycles. The SMILES string of the molecule is CSNc1cccc2c1C(=O)C(=O)C=C2OC(C)C. The molecule has 1 aromatic rings. The van der Waals surface area contributed by atoms with Crippen molar-refractivity contribution in [3.8, 4) is 0 Å². The lowest BCUT2D eigenvalue weighted by molar-refractivity contribution is -0.111. The summed E-state index contributed by atoms with van der Waals surface area (Å²) in [4.78, 5) is 23.8. The van der Waals surface area contributed by atoms with Crippen molar-refractivity contribution < 1.29 is 14.3 Å². The highest BCUT2D eigenvalue weighted by Crippen LogP contribution is 2.32. The lowest BCUT2D eigenvalue weighted by atomic mass is 9.92. The molecule has 1 N–H and O–H groups in total. The maximum Gasteiger partial charge on any atom is 0.235 e. The van der Waals surface area contributed by atoms with Gasteiger partial charge in [-0.2, -0.15) is 0 Å².